The summed E-state index contributed by atoms with van der Waals surface area (Å²) in [5.74, 6) is -1.09. The molecule has 2 aromatic rings. The van der Waals surface area contributed by atoms with Gasteiger partial charge in [-0.25, -0.2) is 4.98 Å². The highest BCUT2D eigenvalue weighted by atomic mass is 35.5. The van der Waals surface area contributed by atoms with Gasteiger partial charge in [0, 0.05) is 11.4 Å². The van der Waals surface area contributed by atoms with E-state index in [0.717, 1.165) is 4.57 Å². The second kappa shape index (κ2) is 5.21. The average Bonchev–Trinajstić information content (AvgIpc) is 2.42. The van der Waals surface area contributed by atoms with Crippen LogP contribution in [0.3, 0.4) is 0 Å². The van der Waals surface area contributed by atoms with Gasteiger partial charge >= 0.3 is 0 Å². The van der Waals surface area contributed by atoms with E-state index in [1.54, 1.807) is 0 Å². The van der Waals surface area contributed by atoms with Gasteiger partial charge in [-0.05, 0) is 25.5 Å². The predicted molar refractivity (Wildman–Crippen MR) is 80.3 cm³/mol. The number of phenolic OH excluding ortho intramolecular Hbond substituents is 1. The van der Waals surface area contributed by atoms with Gasteiger partial charge in [0.15, 0.2) is 5.78 Å². The van der Waals surface area contributed by atoms with Crippen LogP contribution in [0, 0.1) is 6.92 Å². The third-order valence-electron chi connectivity index (χ3n) is 3.67. The van der Waals surface area contributed by atoms with E-state index in [4.69, 9.17) is 13.0 Å². The summed E-state index contributed by atoms with van der Waals surface area (Å²) in [5, 5.41) is 10.1. The van der Waals surface area contributed by atoms with E-state index in [2.05, 4.69) is 4.98 Å². The molecule has 1 saturated carbocycles. The molecule has 0 amide bonds. The topological polar surface area (TPSA) is 89.3 Å². The number of hydrogen-bond acceptors (Lipinski definition) is 5. The van der Waals surface area contributed by atoms with E-state index >= 15 is 0 Å². The molecule has 1 heterocycles. The van der Waals surface area contributed by atoms with Gasteiger partial charge < -0.3 is 5.11 Å². The highest BCUT2D eigenvalue weighted by Crippen LogP contribution is 2.28. The van der Waals surface area contributed by atoms with E-state index < -0.39 is 17.4 Å². The molecule has 1 unspecified atom stereocenters. The molecule has 1 atom stereocenters. The summed E-state index contributed by atoms with van der Waals surface area (Å²) in [6, 6.07) is 0.746. The largest absolute Gasteiger partial charge is 0.507 e. The van der Waals surface area contributed by atoms with E-state index in [1.807, 2.05) is 0 Å². The lowest BCUT2D eigenvalue weighted by atomic mass is 9.92. The molecule has 0 radical (unpaired) electrons. The van der Waals surface area contributed by atoms with Crippen LogP contribution < -0.4 is 5.56 Å². The maximum absolute atomic E-state index is 12.8. The van der Waals surface area contributed by atoms with Gasteiger partial charge in [-0.15, -0.1) is 0 Å². The van der Waals surface area contributed by atoms with E-state index in [-0.39, 0.29) is 52.5 Å². The maximum atomic E-state index is 12.8. The molecule has 114 valence electrons. The first-order valence-electron chi connectivity index (χ1n) is 7.21. The zero-order chi connectivity index (χ0) is 16.9. The molecule has 1 fully saturated rings. The van der Waals surface area contributed by atoms with Crippen molar-refractivity contribution in [3.8, 4) is 5.75 Å². The summed E-state index contributed by atoms with van der Waals surface area (Å²) in [4.78, 5) is 40.6. The van der Waals surface area contributed by atoms with Gasteiger partial charge in [0.25, 0.3) is 5.56 Å². The Morgan fingerprint density at radius 1 is 1.41 bits per heavy atom. The summed E-state index contributed by atoms with van der Waals surface area (Å²) in [6.07, 6.45) is -0.418. The molecule has 0 bridgehead atoms. The Hall–Kier alpha value is -2.21. The number of aromatic nitrogens is 2. The van der Waals surface area contributed by atoms with Crippen molar-refractivity contribution < 1.29 is 16.1 Å². The average molecular weight is 322 g/mol. The van der Waals surface area contributed by atoms with E-state index in [9.17, 15) is 19.5 Å². The van der Waals surface area contributed by atoms with Gasteiger partial charge in [0.05, 0.1) is 19.3 Å². The van der Waals surface area contributed by atoms with Crippen LogP contribution in [0.1, 0.15) is 32.5 Å². The lowest BCUT2D eigenvalue weighted by Gasteiger charge is -2.24. The molecule has 6 nitrogen and oxygen atoms in total. The molecule has 22 heavy (non-hydrogen) atoms. The van der Waals surface area contributed by atoms with Gasteiger partial charge in [0.1, 0.15) is 22.7 Å². The SMILES string of the molecule is [2H]C1(n2c(C)nc3cc(Cl)cc(O)c3c2=O)CCC(=O)CC1=O. The number of carbonyl (C=O) groups excluding carboxylic acids is 2. The maximum Gasteiger partial charge on any atom is 0.265 e. The first-order valence-corrected chi connectivity index (χ1v) is 7.09. The molecule has 0 saturated heterocycles. The summed E-state index contributed by atoms with van der Waals surface area (Å²) >= 11 is 5.85. The van der Waals surface area contributed by atoms with Crippen molar-refractivity contribution in [2.45, 2.75) is 32.2 Å². The smallest absolute Gasteiger partial charge is 0.265 e. The Labute approximate surface area is 131 Å². The molecule has 0 aliphatic heterocycles. The molecule has 0 spiro atoms. The number of ketones is 2. The number of nitrogens with zero attached hydrogens (tertiary/aromatic N) is 2. The molecular weight excluding hydrogens is 308 g/mol. The number of hydrogen-bond donors (Lipinski definition) is 1. The van der Waals surface area contributed by atoms with Crippen LogP contribution in [-0.4, -0.2) is 26.2 Å². The first kappa shape index (κ1) is 13.5. The molecule has 1 aliphatic carbocycles. The van der Waals surface area contributed by atoms with Crippen LogP contribution in [0.5, 0.6) is 5.75 Å². The number of aryl methyl sites for hydroxylation is 1. The van der Waals surface area contributed by atoms with Crippen LogP contribution in [0.15, 0.2) is 16.9 Å². The number of halogens is 1. The van der Waals surface area contributed by atoms with Gasteiger partial charge in [-0.1, -0.05) is 11.6 Å². The quantitative estimate of drug-likeness (QED) is 0.811. The lowest BCUT2D eigenvalue weighted by molar-refractivity contribution is -0.132. The fourth-order valence-electron chi connectivity index (χ4n) is 2.69. The molecule has 1 N–H and O–H groups in total. The second-order valence-electron chi connectivity index (χ2n) is 5.20. The van der Waals surface area contributed by atoms with E-state index in [1.165, 1.54) is 19.1 Å². The molecule has 1 aromatic carbocycles. The van der Waals surface area contributed by atoms with Crippen LogP contribution in [0.2, 0.25) is 5.02 Å². The summed E-state index contributed by atoms with van der Waals surface area (Å²) in [7, 11) is 0. The summed E-state index contributed by atoms with van der Waals surface area (Å²) < 4.78 is 9.40. The first-order chi connectivity index (χ1) is 10.7. The van der Waals surface area contributed by atoms with Crippen molar-refractivity contribution in [1.29, 1.82) is 0 Å². The standard InChI is InChI=1S/C15H13ClN2O4/c1-7-17-10-4-8(16)5-13(21)14(10)15(22)18(7)11-3-2-9(19)6-12(11)20/h4-5,11,21H,2-3,6H2,1H3/i11D. The van der Waals surface area contributed by atoms with Crippen molar-refractivity contribution in [1.82, 2.24) is 9.55 Å². The minimum atomic E-state index is -1.89. The highest BCUT2D eigenvalue weighted by molar-refractivity contribution is 6.31. The second-order valence-corrected chi connectivity index (χ2v) is 5.64. The Morgan fingerprint density at radius 3 is 2.82 bits per heavy atom. The lowest BCUT2D eigenvalue weighted by Crippen LogP contribution is -2.36. The number of Topliss-reactive ketones (excluding diaryl/α,β-unsaturated/α-hetero) is 2. The third kappa shape index (κ3) is 2.29. The molecule has 3 rings (SSSR count). The summed E-state index contributed by atoms with van der Waals surface area (Å²) in [5.41, 5.74) is -0.504. The number of fused-ring (bicyclic) bond motifs is 1. The van der Waals surface area contributed by atoms with E-state index in [0.29, 0.717) is 0 Å². The fraction of sp³-hybridized carbons (Fsp3) is 0.333. The monoisotopic (exact) mass is 321 g/mol. The van der Waals surface area contributed by atoms with Crippen LogP contribution in [-0.2, 0) is 9.59 Å². The van der Waals surface area contributed by atoms with Crippen LogP contribution in [0.4, 0.5) is 0 Å². The number of phenols is 1. The van der Waals surface area contributed by atoms with Crippen molar-refractivity contribution in [2.24, 2.45) is 0 Å². The molecule has 7 heteroatoms. The Balaban J connectivity index is 2.33. The predicted octanol–water partition coefficient (Wildman–Crippen LogP) is 1.93. The number of aromatic hydroxyl groups is 1. The molecular formula is C15H13ClN2O4. The zero-order valence-corrected chi connectivity index (χ0v) is 12.5. The molecule has 1 aliphatic rings. The Kier molecular flexibility index (Phi) is 3.18. The van der Waals surface area contributed by atoms with Crippen LogP contribution in [0.25, 0.3) is 10.9 Å². The highest BCUT2D eigenvalue weighted by Gasteiger charge is 2.31. The van der Waals surface area contributed by atoms with Crippen molar-refractivity contribution in [3.63, 3.8) is 0 Å². The minimum Gasteiger partial charge on any atom is -0.507 e. The van der Waals surface area contributed by atoms with Gasteiger partial charge in [-0.2, -0.15) is 0 Å². The molecule has 1 aromatic heterocycles. The normalized spacial score (nSPS) is 22.9. The fourth-order valence-corrected chi connectivity index (χ4v) is 2.90. The Bertz CT molecular complexity index is 924. The van der Waals surface area contributed by atoms with Gasteiger partial charge in [0.2, 0.25) is 0 Å². The Morgan fingerprint density at radius 2 is 2.14 bits per heavy atom. The zero-order valence-electron chi connectivity index (χ0n) is 12.7. The van der Waals surface area contributed by atoms with Crippen molar-refractivity contribution in [2.75, 3.05) is 0 Å². The van der Waals surface area contributed by atoms with Crippen molar-refractivity contribution >= 4 is 34.1 Å². The number of carbonyl (C=O) groups is 2. The summed E-state index contributed by atoms with van der Waals surface area (Å²) in [6.45, 7) is 1.50. The number of rotatable bonds is 1. The number of benzene rings is 1. The van der Waals surface area contributed by atoms with Crippen LogP contribution >= 0.6 is 11.6 Å². The third-order valence-corrected chi connectivity index (χ3v) is 3.89. The minimum absolute atomic E-state index is 0.0474. The van der Waals surface area contributed by atoms with Crippen molar-refractivity contribution in [3.05, 3.63) is 33.3 Å². The van der Waals surface area contributed by atoms with Gasteiger partial charge in [-0.3, -0.25) is 19.0 Å².